The SMILES string of the molecule is CCCOc1cc(N(C)C)c2ccc3c(S(=O)(=O)N(C)CCC(=O)O)cc(S(=O)(=O)N(C)CCC(=O)O)c4ccc1c2c43. The molecule has 43 heavy (non-hydrogen) atoms. The Kier molecular flexibility index (Phi) is 9.07. The summed E-state index contributed by atoms with van der Waals surface area (Å²) < 4.78 is 63.7. The van der Waals surface area contributed by atoms with E-state index < -0.39 is 44.8 Å². The van der Waals surface area contributed by atoms with Crippen molar-refractivity contribution in [3.05, 3.63) is 36.4 Å². The Morgan fingerprint density at radius 2 is 1.16 bits per heavy atom. The first-order chi connectivity index (χ1) is 20.1. The summed E-state index contributed by atoms with van der Waals surface area (Å²) in [5.74, 6) is -1.81. The van der Waals surface area contributed by atoms with Gasteiger partial charge in [0.1, 0.15) is 5.75 Å². The lowest BCUT2D eigenvalue weighted by Crippen LogP contribution is -2.31. The number of sulfonamides is 2. The first-order valence-electron chi connectivity index (χ1n) is 13.6. The van der Waals surface area contributed by atoms with Crippen LogP contribution in [-0.2, 0) is 29.6 Å². The largest absolute Gasteiger partial charge is 0.493 e. The molecule has 0 spiro atoms. The van der Waals surface area contributed by atoms with Crippen LogP contribution in [0.3, 0.4) is 0 Å². The van der Waals surface area contributed by atoms with Gasteiger partial charge in [-0.05, 0) is 18.6 Å². The summed E-state index contributed by atoms with van der Waals surface area (Å²) in [5.41, 5.74) is 0.780. The number of carboxylic acid groups (broad SMARTS) is 2. The van der Waals surface area contributed by atoms with Crippen molar-refractivity contribution >= 4 is 70.0 Å². The van der Waals surface area contributed by atoms with Gasteiger partial charge in [0, 0.05) is 85.4 Å². The van der Waals surface area contributed by atoms with E-state index >= 15 is 0 Å². The van der Waals surface area contributed by atoms with Gasteiger partial charge in [-0.25, -0.2) is 25.4 Å². The normalized spacial score (nSPS) is 12.6. The molecule has 0 aromatic heterocycles. The second kappa shape index (κ2) is 12.1. The molecule has 12 nitrogen and oxygen atoms in total. The lowest BCUT2D eigenvalue weighted by Gasteiger charge is -2.25. The number of nitrogens with zero attached hydrogens (tertiary/aromatic N) is 3. The molecule has 0 aliphatic carbocycles. The standard InChI is InChI=1S/C29H35N3O9S2/c1-6-15-41-23-16-22(30(2)3)18-7-9-20-24(42(37,38)31(4)13-11-26(33)34)17-25(21-10-8-19(23)28(18)29(20)21)43(39,40)32(5)14-12-27(35)36/h7-10,16-17H,6,11-15H2,1-5H3,(H,33,34)(H,35,36). The van der Waals surface area contributed by atoms with Crippen LogP contribution in [0.15, 0.2) is 46.2 Å². The van der Waals surface area contributed by atoms with E-state index in [1.165, 1.54) is 14.1 Å². The predicted molar refractivity (Wildman–Crippen MR) is 164 cm³/mol. The highest BCUT2D eigenvalue weighted by molar-refractivity contribution is 7.90. The van der Waals surface area contributed by atoms with Crippen LogP contribution in [0.5, 0.6) is 5.75 Å². The zero-order chi connectivity index (χ0) is 31.9. The minimum Gasteiger partial charge on any atom is -0.493 e. The Labute approximate surface area is 250 Å². The number of carbonyl (C=O) groups is 2. The molecular formula is C29H35N3O9S2. The van der Waals surface area contributed by atoms with E-state index in [0.717, 1.165) is 32.2 Å². The predicted octanol–water partition coefficient (Wildman–Crippen LogP) is 3.63. The number of carboxylic acids is 2. The number of anilines is 1. The van der Waals surface area contributed by atoms with Gasteiger partial charge < -0.3 is 19.8 Å². The molecule has 4 rings (SSSR count). The molecule has 0 atom stereocenters. The Hall–Kier alpha value is -3.72. The summed E-state index contributed by atoms with van der Waals surface area (Å²) in [5, 5.41) is 21.2. The summed E-state index contributed by atoms with van der Waals surface area (Å²) in [7, 11) is -2.59. The fraction of sp³-hybridized carbons (Fsp3) is 0.379. The number of hydrogen-bond acceptors (Lipinski definition) is 8. The number of hydrogen-bond donors (Lipinski definition) is 2. The van der Waals surface area contributed by atoms with Crippen molar-refractivity contribution in [1.29, 1.82) is 0 Å². The molecule has 14 heteroatoms. The molecule has 4 aromatic carbocycles. The lowest BCUT2D eigenvalue weighted by molar-refractivity contribution is -0.138. The molecule has 0 unspecified atom stereocenters. The van der Waals surface area contributed by atoms with Gasteiger partial charge in [0.25, 0.3) is 0 Å². The molecule has 0 aliphatic rings. The van der Waals surface area contributed by atoms with E-state index in [4.69, 9.17) is 14.9 Å². The minimum atomic E-state index is -4.39. The molecule has 0 heterocycles. The summed E-state index contributed by atoms with van der Waals surface area (Å²) >= 11 is 0. The lowest BCUT2D eigenvalue weighted by atomic mass is 9.92. The Bertz CT molecular complexity index is 1850. The van der Waals surface area contributed by atoms with Crippen LogP contribution in [0.1, 0.15) is 26.2 Å². The smallest absolute Gasteiger partial charge is 0.304 e. The maximum Gasteiger partial charge on any atom is 0.304 e. The van der Waals surface area contributed by atoms with Gasteiger partial charge in [0.2, 0.25) is 20.0 Å². The van der Waals surface area contributed by atoms with Crippen LogP contribution >= 0.6 is 0 Å². The number of ether oxygens (including phenoxy) is 1. The number of aliphatic carboxylic acids is 2. The van der Waals surface area contributed by atoms with Gasteiger partial charge in [-0.3, -0.25) is 9.59 Å². The van der Waals surface area contributed by atoms with E-state index in [2.05, 4.69) is 0 Å². The monoisotopic (exact) mass is 633 g/mol. The number of rotatable bonds is 14. The average molecular weight is 634 g/mol. The molecular weight excluding hydrogens is 598 g/mol. The maximum absolute atomic E-state index is 14.0. The van der Waals surface area contributed by atoms with Gasteiger partial charge in [-0.2, -0.15) is 0 Å². The zero-order valence-electron chi connectivity index (χ0n) is 24.6. The molecule has 4 aromatic rings. The quantitative estimate of drug-likeness (QED) is 0.196. The summed E-state index contributed by atoms with van der Waals surface area (Å²) in [4.78, 5) is 23.7. The van der Waals surface area contributed by atoms with Crippen molar-refractivity contribution in [2.24, 2.45) is 0 Å². The zero-order valence-corrected chi connectivity index (χ0v) is 26.3. The van der Waals surface area contributed by atoms with E-state index in [1.807, 2.05) is 32.0 Å². The van der Waals surface area contributed by atoms with E-state index in [1.54, 1.807) is 24.3 Å². The second-order valence-corrected chi connectivity index (χ2v) is 14.5. The first-order valence-corrected chi connectivity index (χ1v) is 16.5. The Balaban J connectivity index is 2.17. The van der Waals surface area contributed by atoms with Crippen molar-refractivity contribution in [3.63, 3.8) is 0 Å². The molecule has 0 radical (unpaired) electrons. The topological polar surface area (TPSA) is 162 Å². The van der Waals surface area contributed by atoms with E-state index in [9.17, 15) is 26.4 Å². The van der Waals surface area contributed by atoms with Gasteiger partial charge in [0.15, 0.2) is 0 Å². The average Bonchev–Trinajstić information content (AvgIpc) is 2.95. The summed E-state index contributed by atoms with van der Waals surface area (Å²) in [6, 6.07) is 9.76. The van der Waals surface area contributed by atoms with Gasteiger partial charge in [0.05, 0.1) is 29.2 Å². The van der Waals surface area contributed by atoms with Gasteiger partial charge in [-0.1, -0.05) is 25.1 Å². The van der Waals surface area contributed by atoms with Crippen molar-refractivity contribution in [1.82, 2.24) is 8.61 Å². The third kappa shape index (κ3) is 5.92. The van der Waals surface area contributed by atoms with E-state index in [0.29, 0.717) is 28.5 Å². The molecule has 0 saturated heterocycles. The van der Waals surface area contributed by atoms with Crippen LogP contribution in [0.25, 0.3) is 32.3 Å². The van der Waals surface area contributed by atoms with Crippen LogP contribution in [0.2, 0.25) is 0 Å². The third-order valence-corrected chi connectivity index (χ3v) is 11.2. The summed E-state index contributed by atoms with van der Waals surface area (Å²) in [6.07, 6.45) is -0.153. The van der Waals surface area contributed by atoms with Crippen LogP contribution < -0.4 is 9.64 Å². The third-order valence-electron chi connectivity index (χ3n) is 7.36. The Morgan fingerprint density at radius 3 is 1.60 bits per heavy atom. The van der Waals surface area contributed by atoms with Crippen molar-refractivity contribution in [2.45, 2.75) is 36.0 Å². The van der Waals surface area contributed by atoms with Crippen molar-refractivity contribution < 1.29 is 41.4 Å². The second-order valence-electron chi connectivity index (χ2n) is 10.5. The molecule has 0 saturated carbocycles. The fourth-order valence-electron chi connectivity index (χ4n) is 5.09. The van der Waals surface area contributed by atoms with Crippen LogP contribution in [0, 0.1) is 0 Å². The highest BCUT2D eigenvalue weighted by atomic mass is 32.2. The van der Waals surface area contributed by atoms with Crippen LogP contribution in [0.4, 0.5) is 5.69 Å². The molecule has 0 fully saturated rings. The first kappa shape index (κ1) is 32.2. The molecule has 0 amide bonds. The van der Waals surface area contributed by atoms with Gasteiger partial charge in [-0.15, -0.1) is 0 Å². The highest BCUT2D eigenvalue weighted by Crippen LogP contribution is 2.46. The molecule has 0 bridgehead atoms. The van der Waals surface area contributed by atoms with Crippen LogP contribution in [-0.4, -0.2) is 95.5 Å². The minimum absolute atomic E-state index is 0.264. The maximum atomic E-state index is 14.0. The summed E-state index contributed by atoms with van der Waals surface area (Å²) in [6.45, 7) is 1.73. The highest BCUT2D eigenvalue weighted by Gasteiger charge is 2.32. The van der Waals surface area contributed by atoms with Gasteiger partial charge >= 0.3 is 11.9 Å². The molecule has 232 valence electrons. The molecule has 0 aliphatic heterocycles. The number of benzene rings is 4. The Morgan fingerprint density at radius 1 is 0.721 bits per heavy atom. The van der Waals surface area contributed by atoms with Crippen molar-refractivity contribution in [2.75, 3.05) is 52.8 Å². The van der Waals surface area contributed by atoms with Crippen molar-refractivity contribution in [3.8, 4) is 5.75 Å². The fourth-order valence-corrected chi connectivity index (χ4v) is 7.93. The molecule has 2 N–H and O–H groups in total. The van der Waals surface area contributed by atoms with E-state index in [-0.39, 0.29) is 33.7 Å².